The SMILES string of the molecule is CCOC(=O)CNP(=O)(Nc1ccc(C)cc1)OCC. The molecule has 7 heteroatoms. The van der Waals surface area contributed by atoms with E-state index in [9.17, 15) is 9.36 Å². The van der Waals surface area contributed by atoms with Gasteiger partial charge in [-0.05, 0) is 32.9 Å². The predicted octanol–water partition coefficient (Wildman–Crippen LogP) is 2.70. The fourth-order valence-electron chi connectivity index (χ4n) is 1.48. The summed E-state index contributed by atoms with van der Waals surface area (Å²) in [5.74, 6) is -0.474. The van der Waals surface area contributed by atoms with Crippen molar-refractivity contribution in [2.45, 2.75) is 20.8 Å². The number of carbonyl (C=O) groups excluding carboxylic acids is 1. The van der Waals surface area contributed by atoms with E-state index in [0.29, 0.717) is 5.69 Å². The van der Waals surface area contributed by atoms with Gasteiger partial charge >= 0.3 is 13.6 Å². The molecule has 2 N–H and O–H groups in total. The van der Waals surface area contributed by atoms with Crippen molar-refractivity contribution in [3.8, 4) is 0 Å². The number of anilines is 1. The zero-order chi connectivity index (χ0) is 15.0. The van der Waals surface area contributed by atoms with Crippen LogP contribution in [0.1, 0.15) is 19.4 Å². The molecule has 0 aromatic heterocycles. The lowest BCUT2D eigenvalue weighted by molar-refractivity contribution is -0.141. The number of aryl methyl sites for hydroxylation is 1. The van der Waals surface area contributed by atoms with Crippen LogP contribution in [0.4, 0.5) is 5.69 Å². The van der Waals surface area contributed by atoms with Gasteiger partial charge in [0.1, 0.15) is 6.54 Å². The first-order chi connectivity index (χ1) is 9.49. The van der Waals surface area contributed by atoms with Crippen LogP contribution in [0.5, 0.6) is 0 Å². The lowest BCUT2D eigenvalue weighted by Crippen LogP contribution is -2.26. The van der Waals surface area contributed by atoms with Crippen LogP contribution in [0, 0.1) is 6.92 Å². The van der Waals surface area contributed by atoms with Crippen molar-refractivity contribution in [1.29, 1.82) is 0 Å². The highest BCUT2D eigenvalue weighted by molar-refractivity contribution is 7.58. The van der Waals surface area contributed by atoms with Crippen LogP contribution in [0.2, 0.25) is 0 Å². The van der Waals surface area contributed by atoms with E-state index < -0.39 is 13.6 Å². The second-order valence-corrected chi connectivity index (χ2v) is 5.99. The summed E-state index contributed by atoms with van der Waals surface area (Å²) in [6.07, 6.45) is 0. The molecule has 0 spiro atoms. The van der Waals surface area contributed by atoms with Crippen LogP contribution in [-0.4, -0.2) is 25.7 Å². The van der Waals surface area contributed by atoms with Gasteiger partial charge in [-0.2, -0.15) is 0 Å². The maximum absolute atomic E-state index is 12.5. The van der Waals surface area contributed by atoms with Gasteiger partial charge in [0.05, 0.1) is 13.2 Å². The highest BCUT2D eigenvalue weighted by Gasteiger charge is 2.23. The van der Waals surface area contributed by atoms with E-state index in [4.69, 9.17) is 9.26 Å². The summed E-state index contributed by atoms with van der Waals surface area (Å²) in [6, 6.07) is 7.38. The van der Waals surface area contributed by atoms with E-state index >= 15 is 0 Å². The lowest BCUT2D eigenvalue weighted by atomic mass is 10.2. The summed E-state index contributed by atoms with van der Waals surface area (Å²) in [5, 5.41) is 5.39. The van der Waals surface area contributed by atoms with Gasteiger partial charge in [0.25, 0.3) is 0 Å². The van der Waals surface area contributed by atoms with Gasteiger partial charge in [0, 0.05) is 5.69 Å². The molecule has 0 aliphatic carbocycles. The van der Waals surface area contributed by atoms with E-state index in [1.54, 1.807) is 26.0 Å². The second kappa shape index (κ2) is 8.04. The third-order valence-corrected chi connectivity index (χ3v) is 4.12. The van der Waals surface area contributed by atoms with E-state index in [1.807, 2.05) is 19.1 Å². The first kappa shape index (κ1) is 16.7. The molecule has 1 atom stereocenters. The molecule has 1 unspecified atom stereocenters. The van der Waals surface area contributed by atoms with Crippen LogP contribution in [0.15, 0.2) is 24.3 Å². The Balaban J connectivity index is 2.68. The van der Waals surface area contributed by atoms with E-state index in [-0.39, 0.29) is 19.8 Å². The molecule has 0 saturated heterocycles. The molecule has 0 heterocycles. The average Bonchev–Trinajstić information content (AvgIpc) is 2.40. The molecule has 0 aliphatic rings. The first-order valence-electron chi connectivity index (χ1n) is 6.49. The number of rotatable bonds is 8. The summed E-state index contributed by atoms with van der Waals surface area (Å²) in [7, 11) is -3.33. The molecular formula is C13H21N2O4P. The lowest BCUT2D eigenvalue weighted by Gasteiger charge is -2.20. The Labute approximate surface area is 119 Å². The molecule has 0 bridgehead atoms. The molecule has 0 amide bonds. The van der Waals surface area contributed by atoms with Gasteiger partial charge < -0.3 is 14.3 Å². The maximum atomic E-state index is 12.5. The van der Waals surface area contributed by atoms with Crippen LogP contribution < -0.4 is 10.2 Å². The summed E-state index contributed by atoms with van der Waals surface area (Å²) < 4.78 is 22.5. The molecule has 1 rings (SSSR count). The molecule has 0 aliphatic heterocycles. The fraction of sp³-hybridized carbons (Fsp3) is 0.462. The quantitative estimate of drug-likeness (QED) is 0.568. The van der Waals surface area contributed by atoms with E-state index in [0.717, 1.165) is 5.56 Å². The van der Waals surface area contributed by atoms with Gasteiger partial charge in [-0.1, -0.05) is 17.7 Å². The topological polar surface area (TPSA) is 76.7 Å². The smallest absolute Gasteiger partial charge is 0.366 e. The van der Waals surface area contributed by atoms with Crippen molar-refractivity contribution in [2.75, 3.05) is 24.8 Å². The Kier molecular flexibility index (Phi) is 6.71. The Hall–Kier alpha value is -1.36. The molecule has 1 aromatic carbocycles. The minimum atomic E-state index is -3.33. The Morgan fingerprint density at radius 3 is 2.40 bits per heavy atom. The van der Waals surface area contributed by atoms with Crippen molar-refractivity contribution >= 4 is 19.3 Å². The maximum Gasteiger partial charge on any atom is 0.366 e. The van der Waals surface area contributed by atoms with Crippen molar-refractivity contribution in [2.24, 2.45) is 0 Å². The van der Waals surface area contributed by atoms with E-state index in [2.05, 4.69) is 10.2 Å². The molecule has 0 radical (unpaired) electrons. The van der Waals surface area contributed by atoms with E-state index in [1.165, 1.54) is 0 Å². The monoisotopic (exact) mass is 300 g/mol. The van der Waals surface area contributed by atoms with Crippen LogP contribution >= 0.6 is 7.67 Å². The minimum absolute atomic E-state index is 0.177. The van der Waals surface area contributed by atoms with Gasteiger partial charge in [0.2, 0.25) is 0 Å². The molecule has 112 valence electrons. The third kappa shape index (κ3) is 5.74. The van der Waals surface area contributed by atoms with Crippen molar-refractivity contribution in [3.63, 3.8) is 0 Å². The minimum Gasteiger partial charge on any atom is -0.465 e. The van der Waals surface area contributed by atoms with Gasteiger partial charge in [0.15, 0.2) is 0 Å². The van der Waals surface area contributed by atoms with Gasteiger partial charge in [-0.15, -0.1) is 0 Å². The Bertz CT molecular complexity index is 476. The highest BCUT2D eigenvalue weighted by Crippen LogP contribution is 2.42. The highest BCUT2D eigenvalue weighted by atomic mass is 31.2. The number of hydrogen-bond donors (Lipinski definition) is 2. The van der Waals surface area contributed by atoms with Crippen molar-refractivity contribution in [1.82, 2.24) is 5.09 Å². The molecule has 1 aromatic rings. The zero-order valence-corrected chi connectivity index (χ0v) is 12.9. The summed E-state index contributed by atoms with van der Waals surface area (Å²) >= 11 is 0. The van der Waals surface area contributed by atoms with Gasteiger partial charge in [-0.25, -0.2) is 9.65 Å². The Morgan fingerprint density at radius 1 is 1.20 bits per heavy atom. The Morgan fingerprint density at radius 2 is 1.85 bits per heavy atom. The summed E-state index contributed by atoms with van der Waals surface area (Å²) in [5.41, 5.74) is 1.75. The number of hydrogen-bond acceptors (Lipinski definition) is 4. The summed E-state index contributed by atoms with van der Waals surface area (Å²) in [6.45, 7) is 5.77. The second-order valence-electron chi connectivity index (χ2n) is 4.09. The largest absolute Gasteiger partial charge is 0.465 e. The number of benzene rings is 1. The molecule has 20 heavy (non-hydrogen) atoms. The first-order valence-corrected chi connectivity index (χ1v) is 8.12. The number of carbonyl (C=O) groups is 1. The van der Waals surface area contributed by atoms with Gasteiger partial charge in [-0.3, -0.25) is 4.79 Å². The zero-order valence-electron chi connectivity index (χ0n) is 12.0. The summed E-state index contributed by atoms with van der Waals surface area (Å²) in [4.78, 5) is 11.3. The molecular weight excluding hydrogens is 279 g/mol. The number of ether oxygens (including phenoxy) is 1. The normalized spacial score (nSPS) is 13.6. The third-order valence-electron chi connectivity index (χ3n) is 2.38. The molecule has 0 fully saturated rings. The number of esters is 1. The fourth-order valence-corrected chi connectivity index (χ4v) is 2.90. The number of nitrogens with one attached hydrogen (secondary N) is 2. The van der Waals surface area contributed by atoms with Crippen LogP contribution in [-0.2, 0) is 18.6 Å². The van der Waals surface area contributed by atoms with Crippen molar-refractivity contribution in [3.05, 3.63) is 29.8 Å². The van der Waals surface area contributed by atoms with Crippen molar-refractivity contribution < 1.29 is 18.6 Å². The predicted molar refractivity (Wildman–Crippen MR) is 78.7 cm³/mol. The molecule has 6 nitrogen and oxygen atoms in total. The van der Waals surface area contributed by atoms with Crippen LogP contribution in [0.25, 0.3) is 0 Å². The van der Waals surface area contributed by atoms with Crippen LogP contribution in [0.3, 0.4) is 0 Å². The molecule has 0 saturated carbocycles. The average molecular weight is 300 g/mol. The standard InChI is InChI=1S/C13H21N2O4P/c1-4-18-13(16)10-14-20(17,19-5-2)15-12-8-6-11(3)7-9-12/h6-9H,4-5,10H2,1-3H3,(H2,14,15,17).